The Balaban J connectivity index is 0.00000225. The topological polar surface area (TPSA) is 79.0 Å². The van der Waals surface area contributed by atoms with Crippen molar-refractivity contribution in [1.82, 2.24) is 10.6 Å². The molecule has 1 saturated heterocycles. The van der Waals surface area contributed by atoms with Crippen LogP contribution in [0.2, 0.25) is 0 Å². The van der Waals surface area contributed by atoms with Crippen molar-refractivity contribution in [3.63, 3.8) is 0 Å². The van der Waals surface area contributed by atoms with E-state index in [1.807, 2.05) is 0 Å². The number of halogens is 1. The highest BCUT2D eigenvalue weighted by atomic mass is 127. The van der Waals surface area contributed by atoms with Crippen molar-refractivity contribution in [2.75, 3.05) is 20.2 Å². The third-order valence-electron chi connectivity index (χ3n) is 5.50. The van der Waals surface area contributed by atoms with Gasteiger partial charge in [0.05, 0.1) is 18.9 Å². The highest BCUT2D eigenvalue weighted by molar-refractivity contribution is 14.0. The number of ether oxygens (including phenoxy) is 1. The molecule has 0 aromatic carbocycles. The molecular formula is C18H30IN3O3. The molecule has 3 N–H and O–H groups in total. The second-order valence-electron chi connectivity index (χ2n) is 7.72. The third-order valence-corrected chi connectivity index (χ3v) is 5.50. The largest absolute Gasteiger partial charge is 0.466 e. The molecule has 0 bridgehead atoms. The molecule has 2 fully saturated rings. The van der Waals surface area contributed by atoms with Crippen molar-refractivity contribution < 1.29 is 14.3 Å². The second-order valence-corrected chi connectivity index (χ2v) is 7.72. The predicted molar refractivity (Wildman–Crippen MR) is 108 cm³/mol. The van der Waals surface area contributed by atoms with Gasteiger partial charge in [-0.2, -0.15) is 0 Å². The number of nitrogens with one attached hydrogen (secondary N) is 2. The van der Waals surface area contributed by atoms with E-state index in [0.717, 1.165) is 13.0 Å². The van der Waals surface area contributed by atoms with Crippen LogP contribution < -0.4 is 10.6 Å². The minimum Gasteiger partial charge on any atom is -0.466 e. The third kappa shape index (κ3) is 3.98. The highest BCUT2D eigenvalue weighted by Crippen LogP contribution is 2.51. The summed E-state index contributed by atoms with van der Waals surface area (Å²) >= 11 is 0. The van der Waals surface area contributed by atoms with Gasteiger partial charge in [-0.15, -0.1) is 24.0 Å². The van der Waals surface area contributed by atoms with Crippen LogP contribution in [0.3, 0.4) is 0 Å². The van der Waals surface area contributed by atoms with E-state index in [1.54, 1.807) is 32.4 Å². The highest BCUT2D eigenvalue weighted by Gasteiger charge is 2.58. The first-order valence-corrected chi connectivity index (χ1v) is 8.71. The fraction of sp³-hybridized carbons (Fsp3) is 0.722. The van der Waals surface area contributed by atoms with Gasteiger partial charge in [-0.3, -0.25) is 4.99 Å². The summed E-state index contributed by atoms with van der Waals surface area (Å²) in [5, 5.41) is 17.3. The number of nitrogens with zero attached hydrogens (tertiary/aromatic N) is 1. The van der Waals surface area contributed by atoms with Crippen LogP contribution >= 0.6 is 24.0 Å². The zero-order valence-electron chi connectivity index (χ0n) is 15.4. The molecule has 142 valence electrons. The minimum absolute atomic E-state index is 0. The molecule has 1 aromatic heterocycles. The normalized spacial score (nSPS) is 30.3. The first-order valence-electron chi connectivity index (χ1n) is 8.71. The molecule has 1 aliphatic carbocycles. The molecule has 0 radical (unpaired) electrons. The number of aliphatic hydroxyl groups is 1. The Morgan fingerprint density at radius 1 is 1.48 bits per heavy atom. The van der Waals surface area contributed by atoms with Crippen LogP contribution in [0.1, 0.15) is 39.4 Å². The summed E-state index contributed by atoms with van der Waals surface area (Å²) in [6.07, 6.45) is 4.20. The maximum atomic E-state index is 10.6. The standard InChI is InChI=1S/C18H29N3O3.HI/c1-17(2)14(12-7-5-10-24-15(12)17)21-16(19-4)20-11-18(3,22)13-8-6-9-23-13;/h6,8-9,12,14-15,22H,5,7,10-11H2,1-4H3,(H2,19,20,21);1H. The van der Waals surface area contributed by atoms with Crippen molar-refractivity contribution in [3.05, 3.63) is 24.2 Å². The van der Waals surface area contributed by atoms with Crippen LogP contribution in [0, 0.1) is 11.3 Å². The number of furan rings is 1. The van der Waals surface area contributed by atoms with Gasteiger partial charge in [-0.1, -0.05) is 13.8 Å². The fourth-order valence-corrected chi connectivity index (χ4v) is 4.09. The summed E-state index contributed by atoms with van der Waals surface area (Å²) in [5.41, 5.74) is -1.01. The number of aliphatic imine (C=N–C) groups is 1. The van der Waals surface area contributed by atoms with Crippen LogP contribution in [-0.4, -0.2) is 43.4 Å². The fourth-order valence-electron chi connectivity index (χ4n) is 4.09. The average Bonchev–Trinajstić information content (AvgIpc) is 3.10. The summed E-state index contributed by atoms with van der Waals surface area (Å²) in [7, 11) is 1.75. The molecule has 4 unspecified atom stereocenters. The van der Waals surface area contributed by atoms with Crippen LogP contribution in [0.25, 0.3) is 0 Å². The van der Waals surface area contributed by atoms with Gasteiger partial charge in [0.1, 0.15) is 11.4 Å². The van der Waals surface area contributed by atoms with E-state index in [9.17, 15) is 5.11 Å². The number of hydrogen-bond acceptors (Lipinski definition) is 4. The number of rotatable bonds is 4. The summed E-state index contributed by atoms with van der Waals surface area (Å²) in [6.45, 7) is 7.39. The van der Waals surface area contributed by atoms with Crippen molar-refractivity contribution in [2.45, 2.75) is 51.4 Å². The van der Waals surface area contributed by atoms with Gasteiger partial charge in [-0.25, -0.2) is 0 Å². The molecule has 3 rings (SSSR count). The first-order chi connectivity index (χ1) is 11.4. The Morgan fingerprint density at radius 3 is 2.88 bits per heavy atom. The summed E-state index contributed by atoms with van der Waals surface area (Å²) in [6, 6.07) is 3.87. The Hall–Kier alpha value is -0.800. The Kier molecular flexibility index (Phi) is 6.43. The zero-order valence-corrected chi connectivity index (χ0v) is 17.7. The number of guanidine groups is 1. The predicted octanol–water partition coefficient (Wildman–Crippen LogP) is 2.47. The Labute approximate surface area is 166 Å². The maximum Gasteiger partial charge on any atom is 0.191 e. The van der Waals surface area contributed by atoms with E-state index < -0.39 is 5.60 Å². The molecule has 4 atom stereocenters. The molecule has 0 spiro atoms. The van der Waals surface area contributed by atoms with Crippen LogP contribution in [-0.2, 0) is 10.3 Å². The molecule has 7 heteroatoms. The molecule has 25 heavy (non-hydrogen) atoms. The molecular weight excluding hydrogens is 433 g/mol. The SMILES string of the molecule is CN=C(NCC(C)(O)c1ccco1)NC1C2CCCOC2C1(C)C.I. The lowest BCUT2D eigenvalue weighted by Gasteiger charge is -2.60. The van der Waals surface area contributed by atoms with Crippen molar-refractivity contribution in [1.29, 1.82) is 0 Å². The van der Waals surface area contributed by atoms with E-state index in [0.29, 0.717) is 36.3 Å². The van der Waals surface area contributed by atoms with Gasteiger partial charge in [0.25, 0.3) is 0 Å². The molecule has 2 aliphatic rings. The summed E-state index contributed by atoms with van der Waals surface area (Å²) in [5.74, 6) is 1.76. The lowest BCUT2D eigenvalue weighted by Crippen LogP contribution is -2.71. The number of fused-ring (bicyclic) bond motifs is 1. The maximum absolute atomic E-state index is 10.6. The molecule has 1 aromatic rings. The zero-order chi connectivity index (χ0) is 17.4. The van der Waals surface area contributed by atoms with E-state index in [1.165, 1.54) is 6.42 Å². The van der Waals surface area contributed by atoms with Gasteiger partial charge in [0.2, 0.25) is 0 Å². The van der Waals surface area contributed by atoms with E-state index in [4.69, 9.17) is 9.15 Å². The second kappa shape index (κ2) is 7.84. The molecule has 0 amide bonds. The molecule has 1 aliphatic heterocycles. The minimum atomic E-state index is -1.09. The van der Waals surface area contributed by atoms with E-state index >= 15 is 0 Å². The molecule has 1 saturated carbocycles. The molecule has 6 nitrogen and oxygen atoms in total. The van der Waals surface area contributed by atoms with Crippen LogP contribution in [0.5, 0.6) is 0 Å². The van der Waals surface area contributed by atoms with Crippen LogP contribution in [0.4, 0.5) is 0 Å². The van der Waals surface area contributed by atoms with Crippen molar-refractivity contribution >= 4 is 29.9 Å². The average molecular weight is 463 g/mol. The summed E-state index contributed by atoms with van der Waals surface area (Å²) < 4.78 is 11.3. The smallest absolute Gasteiger partial charge is 0.191 e. The number of hydrogen-bond donors (Lipinski definition) is 3. The van der Waals surface area contributed by atoms with Crippen molar-refractivity contribution in [3.8, 4) is 0 Å². The van der Waals surface area contributed by atoms with Crippen molar-refractivity contribution in [2.24, 2.45) is 16.3 Å². The van der Waals surface area contributed by atoms with Gasteiger partial charge >= 0.3 is 0 Å². The van der Waals surface area contributed by atoms with E-state index in [2.05, 4.69) is 29.5 Å². The monoisotopic (exact) mass is 463 g/mol. The van der Waals surface area contributed by atoms with Gasteiger partial charge in [-0.05, 0) is 31.9 Å². The Bertz CT molecular complexity index is 586. The van der Waals surface area contributed by atoms with Gasteiger partial charge in [0, 0.05) is 31.0 Å². The first kappa shape index (κ1) is 20.5. The lowest BCUT2D eigenvalue weighted by molar-refractivity contribution is -0.188. The summed E-state index contributed by atoms with van der Waals surface area (Å²) in [4.78, 5) is 4.31. The Morgan fingerprint density at radius 2 is 2.24 bits per heavy atom. The molecule has 2 heterocycles. The van der Waals surface area contributed by atoms with Gasteiger partial charge in [0.15, 0.2) is 5.96 Å². The quantitative estimate of drug-likeness (QED) is 0.363. The lowest BCUT2D eigenvalue weighted by atomic mass is 9.55. The van der Waals surface area contributed by atoms with Crippen LogP contribution in [0.15, 0.2) is 27.8 Å². The van der Waals surface area contributed by atoms with Gasteiger partial charge < -0.3 is 24.9 Å². The van der Waals surface area contributed by atoms with E-state index in [-0.39, 0.29) is 29.4 Å².